The Balaban J connectivity index is 1.83. The van der Waals surface area contributed by atoms with Crippen LogP contribution in [0.4, 0.5) is 0 Å². The van der Waals surface area contributed by atoms with E-state index >= 15 is 0 Å². The zero-order valence-electron chi connectivity index (χ0n) is 15.4. The number of rotatable bonds is 8. The number of hydrogen-bond donors (Lipinski definition) is 0. The van der Waals surface area contributed by atoms with Crippen molar-refractivity contribution in [3.8, 4) is 17.6 Å². The van der Waals surface area contributed by atoms with Gasteiger partial charge in [-0.25, -0.2) is 0 Å². The van der Waals surface area contributed by atoms with Crippen LogP contribution in [0.3, 0.4) is 0 Å². The maximum atomic E-state index is 12.3. The van der Waals surface area contributed by atoms with Crippen molar-refractivity contribution < 1.29 is 18.7 Å². The molecule has 0 aliphatic carbocycles. The van der Waals surface area contributed by atoms with Crippen molar-refractivity contribution in [1.29, 1.82) is 5.26 Å². The average Bonchev–Trinajstić information content (AvgIpc) is 3.27. The number of furan rings is 1. The Morgan fingerprint density at radius 2 is 1.89 bits per heavy atom. The monoisotopic (exact) mass is 373 g/mol. The number of ketones is 1. The third-order valence-corrected chi connectivity index (χ3v) is 3.93. The summed E-state index contributed by atoms with van der Waals surface area (Å²) >= 11 is 0. The van der Waals surface area contributed by atoms with Crippen molar-refractivity contribution >= 4 is 11.9 Å². The molecule has 5 nitrogen and oxygen atoms in total. The summed E-state index contributed by atoms with van der Waals surface area (Å²) in [5.41, 5.74) is 1.69. The Labute approximate surface area is 163 Å². The minimum atomic E-state index is -0.463. The highest BCUT2D eigenvalue weighted by molar-refractivity contribution is 6.12. The summed E-state index contributed by atoms with van der Waals surface area (Å²) in [6, 6.07) is 20.2. The third-order valence-electron chi connectivity index (χ3n) is 3.93. The number of carbonyl (C=O) groups excluding carboxylic acids is 1. The van der Waals surface area contributed by atoms with Crippen molar-refractivity contribution in [2.24, 2.45) is 0 Å². The van der Waals surface area contributed by atoms with E-state index in [0.717, 1.165) is 5.56 Å². The maximum absolute atomic E-state index is 12.3. The Bertz CT molecular complexity index is 999. The van der Waals surface area contributed by atoms with Gasteiger partial charge in [0.05, 0.1) is 12.9 Å². The Morgan fingerprint density at radius 1 is 1.07 bits per heavy atom. The first-order chi connectivity index (χ1) is 13.7. The van der Waals surface area contributed by atoms with E-state index in [9.17, 15) is 10.1 Å². The highest BCUT2D eigenvalue weighted by atomic mass is 16.5. The highest BCUT2D eigenvalue weighted by Gasteiger charge is 2.15. The van der Waals surface area contributed by atoms with E-state index in [1.807, 2.05) is 43.3 Å². The molecule has 0 amide bonds. The van der Waals surface area contributed by atoms with Crippen LogP contribution in [-0.4, -0.2) is 12.4 Å². The van der Waals surface area contributed by atoms with E-state index < -0.39 is 5.78 Å². The summed E-state index contributed by atoms with van der Waals surface area (Å²) < 4.78 is 16.6. The lowest BCUT2D eigenvalue weighted by molar-refractivity contribution is 0.101. The van der Waals surface area contributed by atoms with Gasteiger partial charge in [0, 0.05) is 0 Å². The molecule has 0 N–H and O–H groups in total. The first-order valence-corrected chi connectivity index (χ1v) is 8.85. The van der Waals surface area contributed by atoms with Crippen LogP contribution in [0.1, 0.15) is 28.6 Å². The first kappa shape index (κ1) is 19.0. The van der Waals surface area contributed by atoms with Gasteiger partial charge in [0.2, 0.25) is 5.78 Å². The lowest BCUT2D eigenvalue weighted by Crippen LogP contribution is -2.01. The fourth-order valence-corrected chi connectivity index (χ4v) is 2.59. The summed E-state index contributed by atoms with van der Waals surface area (Å²) in [6.07, 6.45) is 2.91. The van der Waals surface area contributed by atoms with Crippen LogP contribution in [0.15, 0.2) is 76.9 Å². The van der Waals surface area contributed by atoms with Crippen LogP contribution in [0, 0.1) is 11.3 Å². The number of Topliss-reactive ketones (excluding diaryl/α,β-unsaturated/α-hetero) is 1. The van der Waals surface area contributed by atoms with Gasteiger partial charge < -0.3 is 13.9 Å². The van der Waals surface area contributed by atoms with Gasteiger partial charge in [-0.3, -0.25) is 4.79 Å². The topological polar surface area (TPSA) is 72.5 Å². The summed E-state index contributed by atoms with van der Waals surface area (Å²) in [4.78, 5) is 12.3. The number of hydrogen-bond acceptors (Lipinski definition) is 5. The molecule has 28 heavy (non-hydrogen) atoms. The molecule has 0 radical (unpaired) electrons. The molecule has 0 spiro atoms. The number of nitriles is 1. The minimum absolute atomic E-state index is 0.0182. The van der Waals surface area contributed by atoms with Gasteiger partial charge >= 0.3 is 0 Å². The second kappa shape index (κ2) is 9.24. The fourth-order valence-electron chi connectivity index (χ4n) is 2.59. The zero-order chi connectivity index (χ0) is 19.8. The SMILES string of the molecule is CCOc1cc(/C=C(\C#N)C(=O)c2ccco2)ccc1OCc1ccccc1. The van der Waals surface area contributed by atoms with Crippen molar-refractivity contribution in [3.05, 3.63) is 89.4 Å². The van der Waals surface area contributed by atoms with Crippen molar-refractivity contribution in [2.45, 2.75) is 13.5 Å². The van der Waals surface area contributed by atoms with Gasteiger partial charge in [-0.2, -0.15) is 5.26 Å². The van der Waals surface area contributed by atoms with E-state index in [-0.39, 0.29) is 11.3 Å². The molecule has 140 valence electrons. The van der Waals surface area contributed by atoms with E-state index in [4.69, 9.17) is 13.9 Å². The molecule has 1 aromatic heterocycles. The van der Waals surface area contributed by atoms with Crippen LogP contribution in [0.25, 0.3) is 6.08 Å². The molecule has 0 aliphatic heterocycles. The predicted molar refractivity (Wildman–Crippen MR) is 105 cm³/mol. The minimum Gasteiger partial charge on any atom is -0.490 e. The Morgan fingerprint density at radius 3 is 2.57 bits per heavy atom. The molecule has 3 rings (SSSR count). The fraction of sp³-hybridized carbons (Fsp3) is 0.130. The highest BCUT2D eigenvalue weighted by Crippen LogP contribution is 2.30. The largest absolute Gasteiger partial charge is 0.490 e. The molecule has 2 aromatic carbocycles. The van der Waals surface area contributed by atoms with Crippen LogP contribution in [-0.2, 0) is 6.61 Å². The average molecular weight is 373 g/mol. The second-order valence-corrected chi connectivity index (χ2v) is 5.89. The zero-order valence-corrected chi connectivity index (χ0v) is 15.4. The van der Waals surface area contributed by atoms with Crippen LogP contribution in [0.5, 0.6) is 11.5 Å². The summed E-state index contributed by atoms with van der Waals surface area (Å²) in [5.74, 6) is 0.809. The molecule has 5 heteroatoms. The molecular formula is C23H19NO4. The van der Waals surface area contributed by atoms with E-state index in [2.05, 4.69) is 0 Å². The summed E-state index contributed by atoms with van der Waals surface area (Å²) in [5, 5.41) is 9.36. The molecule has 0 saturated carbocycles. The maximum Gasteiger partial charge on any atom is 0.238 e. The lowest BCUT2D eigenvalue weighted by atomic mass is 10.1. The van der Waals surface area contributed by atoms with E-state index in [0.29, 0.717) is 30.3 Å². The molecule has 1 heterocycles. The number of carbonyl (C=O) groups is 1. The van der Waals surface area contributed by atoms with Crippen molar-refractivity contribution in [3.63, 3.8) is 0 Å². The van der Waals surface area contributed by atoms with Gasteiger partial charge in [0.25, 0.3) is 0 Å². The molecular weight excluding hydrogens is 354 g/mol. The number of nitrogens with zero attached hydrogens (tertiary/aromatic N) is 1. The number of ether oxygens (including phenoxy) is 2. The van der Waals surface area contributed by atoms with Gasteiger partial charge in [0.1, 0.15) is 18.2 Å². The van der Waals surface area contributed by atoms with Crippen molar-refractivity contribution in [2.75, 3.05) is 6.61 Å². The predicted octanol–water partition coefficient (Wildman–Crippen LogP) is 5.05. The van der Waals surface area contributed by atoms with E-state index in [1.54, 1.807) is 24.3 Å². The van der Waals surface area contributed by atoms with Crippen molar-refractivity contribution in [1.82, 2.24) is 0 Å². The number of benzene rings is 2. The molecule has 0 saturated heterocycles. The Kier molecular flexibility index (Phi) is 6.27. The standard InChI is InChI=1S/C23H19NO4/c1-2-26-22-14-18(13-19(15-24)23(25)21-9-6-12-27-21)10-11-20(22)28-16-17-7-4-3-5-8-17/h3-14H,2,16H2,1H3/b19-13+. The first-order valence-electron chi connectivity index (χ1n) is 8.85. The quantitative estimate of drug-likeness (QED) is 0.314. The molecule has 0 unspecified atom stereocenters. The molecule has 0 atom stereocenters. The second-order valence-electron chi connectivity index (χ2n) is 5.89. The van der Waals surface area contributed by atoms with Crippen LogP contribution < -0.4 is 9.47 Å². The third kappa shape index (κ3) is 4.68. The summed E-state index contributed by atoms with van der Waals surface area (Å²) in [6.45, 7) is 2.76. The van der Waals surface area contributed by atoms with Gasteiger partial charge in [0.15, 0.2) is 17.3 Å². The molecule has 0 fully saturated rings. The molecule has 0 bridgehead atoms. The van der Waals surface area contributed by atoms with E-state index in [1.165, 1.54) is 18.4 Å². The van der Waals surface area contributed by atoms with Gasteiger partial charge in [-0.15, -0.1) is 0 Å². The lowest BCUT2D eigenvalue weighted by Gasteiger charge is -2.13. The summed E-state index contributed by atoms with van der Waals surface area (Å²) in [7, 11) is 0. The van der Waals surface area contributed by atoms with Crippen LogP contribution in [0.2, 0.25) is 0 Å². The van der Waals surface area contributed by atoms with Gasteiger partial charge in [-0.1, -0.05) is 36.4 Å². The van der Waals surface area contributed by atoms with Crippen LogP contribution >= 0.6 is 0 Å². The Hall–Kier alpha value is -3.78. The smallest absolute Gasteiger partial charge is 0.238 e. The van der Waals surface area contributed by atoms with Gasteiger partial charge in [-0.05, 0) is 48.4 Å². The molecule has 3 aromatic rings. The number of allylic oxidation sites excluding steroid dienone is 1. The molecule has 0 aliphatic rings. The normalized spacial score (nSPS) is 10.9.